The minimum Gasteiger partial charge on any atom is -0.390 e. The largest absolute Gasteiger partial charge is 0.390 e. The Balaban J connectivity index is 1.40. The van der Waals surface area contributed by atoms with Gasteiger partial charge in [-0.05, 0) is 68.6 Å². The number of carbonyl (C=O) groups excluding carboxylic acids is 2. The van der Waals surface area contributed by atoms with E-state index in [4.69, 9.17) is 4.84 Å². The molecule has 1 aliphatic heterocycles. The highest BCUT2D eigenvalue weighted by atomic mass is 19.1. The van der Waals surface area contributed by atoms with Crippen LogP contribution in [0.1, 0.15) is 58.8 Å². The van der Waals surface area contributed by atoms with E-state index in [1.807, 2.05) is 12.0 Å². The number of ketones is 2. The zero-order chi connectivity index (χ0) is 25.7. The average Bonchev–Trinajstić information content (AvgIpc) is 3.53. The molecule has 0 bridgehead atoms. The van der Waals surface area contributed by atoms with Crippen LogP contribution in [-0.2, 0) is 14.4 Å². The van der Waals surface area contributed by atoms with Crippen LogP contribution in [0.3, 0.4) is 0 Å². The quantitative estimate of drug-likeness (QED) is 0.617. The topological polar surface area (TPSA) is 66.8 Å². The van der Waals surface area contributed by atoms with Crippen LogP contribution in [0, 0.1) is 34.5 Å². The second-order valence-electron chi connectivity index (χ2n) is 12.7. The number of aliphatic hydroxyl groups excluding tert-OH is 1. The molecule has 5 fully saturated rings. The van der Waals surface area contributed by atoms with Crippen molar-refractivity contribution in [1.29, 1.82) is 0 Å². The van der Waals surface area contributed by atoms with E-state index in [0.717, 1.165) is 12.8 Å². The van der Waals surface area contributed by atoms with Crippen molar-refractivity contribution < 1.29 is 32.7 Å². The molecule has 0 unspecified atom stereocenters. The minimum atomic E-state index is -2.22. The second-order valence-corrected chi connectivity index (χ2v) is 12.7. The van der Waals surface area contributed by atoms with Crippen LogP contribution in [0.4, 0.5) is 13.2 Å². The van der Waals surface area contributed by atoms with Gasteiger partial charge < -0.3 is 5.11 Å². The monoisotopic (exact) mass is 507 g/mol. The summed E-state index contributed by atoms with van der Waals surface area (Å²) in [5.74, 6) is -2.30. The van der Waals surface area contributed by atoms with Gasteiger partial charge in [0.2, 0.25) is 0 Å². The van der Waals surface area contributed by atoms with Crippen LogP contribution >= 0.6 is 0 Å². The lowest BCUT2D eigenvalue weighted by Crippen LogP contribution is -2.70. The number of carbonyl (C=O) groups is 2. The molecular weight excluding hydrogens is 471 g/mol. The van der Waals surface area contributed by atoms with Crippen LogP contribution in [-0.4, -0.2) is 65.0 Å². The molecule has 1 heterocycles. The number of fused-ring (bicyclic) bond motifs is 7. The number of Topliss-reactive ketones (excluding diaryl/α,β-unsaturated/α-hetero) is 1. The van der Waals surface area contributed by atoms with Crippen LogP contribution in [0.5, 0.6) is 0 Å². The summed E-state index contributed by atoms with van der Waals surface area (Å²) >= 11 is 0. The zero-order valence-corrected chi connectivity index (χ0v) is 21.0. The highest BCUT2D eigenvalue weighted by Crippen LogP contribution is 2.72. The summed E-state index contributed by atoms with van der Waals surface area (Å²) in [4.78, 5) is 31.8. The number of allylic oxidation sites excluding steroid dienone is 4. The molecule has 5 nitrogen and oxygen atoms in total. The molecule has 6 rings (SSSR count). The molecule has 36 heavy (non-hydrogen) atoms. The van der Waals surface area contributed by atoms with E-state index in [1.54, 1.807) is 6.92 Å². The summed E-state index contributed by atoms with van der Waals surface area (Å²) in [5.41, 5.74) is -6.16. The van der Waals surface area contributed by atoms with Crippen molar-refractivity contribution in [3.63, 3.8) is 0 Å². The maximum Gasteiger partial charge on any atom is 0.198 e. The molecule has 5 aliphatic carbocycles. The predicted molar refractivity (Wildman–Crippen MR) is 126 cm³/mol. The zero-order valence-electron chi connectivity index (χ0n) is 21.0. The van der Waals surface area contributed by atoms with Gasteiger partial charge >= 0.3 is 0 Å². The highest BCUT2D eigenvalue weighted by Gasteiger charge is 2.79. The number of hydrogen-bond acceptors (Lipinski definition) is 5. The Bertz CT molecular complexity index is 1040. The highest BCUT2D eigenvalue weighted by molar-refractivity contribution is 6.01. The smallest absolute Gasteiger partial charge is 0.198 e. The lowest BCUT2D eigenvalue weighted by molar-refractivity contribution is -0.268. The normalized spacial score (nSPS) is 50.4. The molecule has 0 amide bonds. The Kier molecular flexibility index (Phi) is 5.51. The van der Waals surface area contributed by atoms with Gasteiger partial charge in [-0.1, -0.05) is 25.8 Å². The first-order chi connectivity index (χ1) is 17.0. The fourth-order valence-corrected chi connectivity index (χ4v) is 9.51. The lowest BCUT2D eigenvalue weighted by Gasteiger charge is -2.63. The van der Waals surface area contributed by atoms with Gasteiger partial charge in [-0.3, -0.25) is 14.4 Å². The van der Waals surface area contributed by atoms with E-state index in [1.165, 1.54) is 31.1 Å². The number of hydroxylamine groups is 2. The molecular formula is C28H36F3NO4. The van der Waals surface area contributed by atoms with Crippen molar-refractivity contribution in [2.24, 2.45) is 34.5 Å². The van der Waals surface area contributed by atoms with Crippen LogP contribution < -0.4 is 0 Å². The molecule has 0 radical (unpaired) electrons. The fraction of sp³-hybridized carbons (Fsp3) is 0.786. The number of alkyl halides is 3. The molecule has 1 saturated heterocycles. The second kappa shape index (κ2) is 8.00. The number of nitrogens with zero attached hydrogens (tertiary/aromatic N) is 1. The first-order valence-corrected chi connectivity index (χ1v) is 13.5. The molecule has 0 spiro atoms. The van der Waals surface area contributed by atoms with Gasteiger partial charge in [0.25, 0.3) is 0 Å². The van der Waals surface area contributed by atoms with Crippen molar-refractivity contribution in [1.82, 2.24) is 5.06 Å². The summed E-state index contributed by atoms with van der Waals surface area (Å²) in [7, 11) is 0. The molecule has 0 aromatic carbocycles. The Morgan fingerprint density at radius 1 is 1.22 bits per heavy atom. The predicted octanol–water partition coefficient (Wildman–Crippen LogP) is 4.25. The van der Waals surface area contributed by atoms with Gasteiger partial charge in [-0.25, -0.2) is 13.2 Å². The molecule has 6 aliphatic rings. The summed E-state index contributed by atoms with van der Waals surface area (Å²) < 4.78 is 47.1. The average molecular weight is 508 g/mol. The van der Waals surface area contributed by atoms with Crippen molar-refractivity contribution >= 4 is 11.6 Å². The van der Waals surface area contributed by atoms with Gasteiger partial charge in [0.15, 0.2) is 29.5 Å². The van der Waals surface area contributed by atoms with Crippen molar-refractivity contribution in [2.75, 3.05) is 19.8 Å². The molecule has 4 saturated carbocycles. The molecule has 198 valence electrons. The summed E-state index contributed by atoms with van der Waals surface area (Å²) in [6.07, 6.45) is 5.43. The minimum absolute atomic E-state index is 0.0723. The molecule has 0 aromatic rings. The maximum atomic E-state index is 17.3. The lowest BCUT2D eigenvalue weighted by atomic mass is 9.44. The number of aliphatic hydroxyl groups is 1. The van der Waals surface area contributed by atoms with E-state index in [0.29, 0.717) is 25.4 Å². The van der Waals surface area contributed by atoms with Crippen molar-refractivity contribution in [2.45, 2.75) is 82.3 Å². The Morgan fingerprint density at radius 3 is 2.64 bits per heavy atom. The fourth-order valence-electron chi connectivity index (χ4n) is 9.51. The van der Waals surface area contributed by atoms with Crippen LogP contribution in [0.2, 0.25) is 0 Å². The van der Waals surface area contributed by atoms with Gasteiger partial charge in [-0.15, -0.1) is 0 Å². The first-order valence-electron chi connectivity index (χ1n) is 13.5. The van der Waals surface area contributed by atoms with Gasteiger partial charge in [0, 0.05) is 35.8 Å². The number of rotatable bonds is 4. The van der Waals surface area contributed by atoms with Crippen LogP contribution in [0.15, 0.2) is 23.8 Å². The van der Waals surface area contributed by atoms with Gasteiger partial charge in [0.1, 0.15) is 6.17 Å². The maximum absolute atomic E-state index is 17.3. The molecule has 9 atom stereocenters. The summed E-state index contributed by atoms with van der Waals surface area (Å²) in [6.45, 7) is 3.30. The summed E-state index contributed by atoms with van der Waals surface area (Å²) in [5, 5.41) is 13.3. The van der Waals surface area contributed by atoms with E-state index in [2.05, 4.69) is 0 Å². The third-order valence-electron chi connectivity index (χ3n) is 11.1. The van der Waals surface area contributed by atoms with Crippen molar-refractivity contribution in [3.05, 3.63) is 23.8 Å². The van der Waals surface area contributed by atoms with E-state index < -0.39 is 58.7 Å². The number of hydrogen-bond donors (Lipinski definition) is 1. The standard InChI is InChI=1S/C28H36F3NO4/c1-25-8-7-18(33)10-21(25)22(30)11-20-19-9-17-15-32(14-16-5-3-4-6-16)36-28(17,24(35)13-29)26(19,2)12-23(34)27(20,25)31/h7-8,10,16-17,19-20,22-23,34H,3-6,9,11-15H2,1-2H3/t17-,19-,20-,22-,23-,25-,26-,27-,28-/m0/s1. The molecule has 8 heteroatoms. The Labute approximate surface area is 210 Å². The summed E-state index contributed by atoms with van der Waals surface area (Å²) in [6, 6.07) is 0. The third kappa shape index (κ3) is 2.90. The Morgan fingerprint density at radius 2 is 1.94 bits per heavy atom. The molecule has 1 N–H and O–H groups in total. The van der Waals surface area contributed by atoms with Gasteiger partial charge in [0.05, 0.1) is 6.10 Å². The van der Waals surface area contributed by atoms with E-state index in [-0.39, 0.29) is 30.1 Å². The van der Waals surface area contributed by atoms with Gasteiger partial charge in [-0.2, -0.15) is 5.06 Å². The van der Waals surface area contributed by atoms with E-state index >= 15 is 8.78 Å². The van der Waals surface area contributed by atoms with Crippen LogP contribution in [0.25, 0.3) is 0 Å². The first kappa shape index (κ1) is 24.8. The number of halogens is 3. The van der Waals surface area contributed by atoms with Crippen molar-refractivity contribution in [3.8, 4) is 0 Å². The SMILES string of the molecule is C[C@]12C=CC(=O)C=C1[C@@H](F)C[C@H]1[C@@H]3C[C@H]4CN(CC5CCCC5)O[C@@]4(C(=O)CF)[C@@]3(C)C[C@H](O)[C@@]12F. The molecule has 0 aromatic heterocycles. The van der Waals surface area contributed by atoms with E-state index in [9.17, 15) is 19.1 Å². The third-order valence-corrected chi connectivity index (χ3v) is 11.1. The Hall–Kier alpha value is -1.51.